The van der Waals surface area contributed by atoms with Crippen LogP contribution in [0.4, 0.5) is 5.13 Å². The van der Waals surface area contributed by atoms with Crippen LogP contribution in [0.2, 0.25) is 0 Å². The maximum Gasteiger partial charge on any atom is 0.236 e. The molecule has 0 fully saturated rings. The molecular weight excluding hydrogens is 470 g/mol. The van der Waals surface area contributed by atoms with Crippen molar-refractivity contribution in [3.63, 3.8) is 0 Å². The number of hydrogen-bond acceptors (Lipinski definition) is 7. The van der Waals surface area contributed by atoms with Crippen molar-refractivity contribution >= 4 is 45.5 Å². The summed E-state index contributed by atoms with van der Waals surface area (Å²) in [5, 5.41) is 17.0. The van der Waals surface area contributed by atoms with E-state index in [1.54, 1.807) is 11.3 Å². The number of carbonyl (C=O) groups is 1. The van der Waals surface area contributed by atoms with Crippen molar-refractivity contribution in [1.82, 2.24) is 19.7 Å². The molecule has 0 unspecified atom stereocenters. The molecule has 0 radical (unpaired) electrons. The summed E-state index contributed by atoms with van der Waals surface area (Å²) in [4.78, 5) is 18.4. The summed E-state index contributed by atoms with van der Waals surface area (Å²) < 4.78 is 2.00. The zero-order valence-corrected chi connectivity index (χ0v) is 21.2. The van der Waals surface area contributed by atoms with E-state index in [0.29, 0.717) is 22.8 Å². The monoisotopic (exact) mass is 495 g/mol. The quantitative estimate of drug-likeness (QED) is 0.213. The molecule has 1 aromatic carbocycles. The molecule has 0 atom stereocenters. The molecule has 0 aliphatic heterocycles. The third-order valence-corrected chi connectivity index (χ3v) is 7.86. The lowest BCUT2D eigenvalue weighted by Gasteiger charge is -2.07. The van der Waals surface area contributed by atoms with Gasteiger partial charge in [0.05, 0.1) is 11.4 Å². The number of nitrogens with zero attached hydrogens (tertiary/aromatic N) is 4. The second-order valence-corrected chi connectivity index (χ2v) is 10.6. The van der Waals surface area contributed by atoms with E-state index in [1.165, 1.54) is 33.5 Å². The number of allylic oxidation sites excluding steroid dienone is 1. The predicted octanol–water partition coefficient (Wildman–Crippen LogP) is 6.48. The molecule has 3 heterocycles. The van der Waals surface area contributed by atoms with E-state index in [2.05, 4.69) is 71.4 Å². The summed E-state index contributed by atoms with van der Waals surface area (Å²) >= 11 is 4.50. The number of thiazole rings is 1. The summed E-state index contributed by atoms with van der Waals surface area (Å²) in [7, 11) is 0. The van der Waals surface area contributed by atoms with E-state index < -0.39 is 0 Å². The van der Waals surface area contributed by atoms with Gasteiger partial charge in [0.2, 0.25) is 5.91 Å². The third kappa shape index (κ3) is 5.61. The van der Waals surface area contributed by atoms with Crippen LogP contribution in [0.25, 0.3) is 22.6 Å². The molecule has 9 heteroatoms. The van der Waals surface area contributed by atoms with Crippen LogP contribution in [-0.4, -0.2) is 31.4 Å². The molecule has 0 bridgehead atoms. The number of amides is 1. The van der Waals surface area contributed by atoms with Crippen LogP contribution in [0.3, 0.4) is 0 Å². The number of benzene rings is 1. The number of hydrogen-bond donors (Lipinski definition) is 1. The first kappa shape index (κ1) is 23.4. The molecule has 3 aromatic heterocycles. The Morgan fingerprint density at radius 3 is 2.67 bits per heavy atom. The fraction of sp³-hybridized carbons (Fsp3) is 0.250. The molecule has 0 saturated carbocycles. The number of thiophene rings is 1. The van der Waals surface area contributed by atoms with Crippen LogP contribution in [0.5, 0.6) is 0 Å². The Hall–Kier alpha value is -2.75. The first-order chi connectivity index (χ1) is 15.9. The Labute approximate surface area is 205 Å². The number of aromatic nitrogens is 4. The fourth-order valence-electron chi connectivity index (χ4n) is 3.15. The molecule has 33 heavy (non-hydrogen) atoms. The second kappa shape index (κ2) is 10.5. The molecular formula is C24H25N5OS3. The van der Waals surface area contributed by atoms with E-state index in [4.69, 9.17) is 0 Å². The van der Waals surface area contributed by atoms with Crippen LogP contribution < -0.4 is 5.32 Å². The first-order valence-electron chi connectivity index (χ1n) is 10.5. The van der Waals surface area contributed by atoms with Gasteiger partial charge in [-0.05, 0) is 18.9 Å². The minimum Gasteiger partial charge on any atom is -0.301 e. The Morgan fingerprint density at radius 1 is 1.18 bits per heavy atom. The van der Waals surface area contributed by atoms with Gasteiger partial charge in [-0.25, -0.2) is 4.98 Å². The van der Waals surface area contributed by atoms with E-state index >= 15 is 0 Å². The number of nitrogens with one attached hydrogen (secondary N) is 1. The molecule has 0 aliphatic carbocycles. The van der Waals surface area contributed by atoms with E-state index in [-0.39, 0.29) is 11.7 Å². The fourth-order valence-corrected chi connectivity index (χ4v) is 5.54. The summed E-state index contributed by atoms with van der Waals surface area (Å²) in [6.07, 6.45) is 1.81. The summed E-state index contributed by atoms with van der Waals surface area (Å²) in [6.45, 7) is 10.8. The van der Waals surface area contributed by atoms with Gasteiger partial charge in [0.1, 0.15) is 0 Å². The van der Waals surface area contributed by atoms with Crippen molar-refractivity contribution in [1.29, 1.82) is 0 Å². The van der Waals surface area contributed by atoms with Gasteiger partial charge in [-0.1, -0.05) is 61.5 Å². The number of rotatable bonds is 9. The van der Waals surface area contributed by atoms with Gasteiger partial charge in [0.25, 0.3) is 0 Å². The Bertz CT molecular complexity index is 1250. The van der Waals surface area contributed by atoms with Crippen molar-refractivity contribution in [3.8, 4) is 22.6 Å². The zero-order chi connectivity index (χ0) is 23.4. The normalized spacial score (nSPS) is 11.2. The van der Waals surface area contributed by atoms with E-state index in [0.717, 1.165) is 22.6 Å². The predicted molar refractivity (Wildman–Crippen MR) is 139 cm³/mol. The molecule has 4 rings (SSSR count). The Kier molecular flexibility index (Phi) is 7.42. The molecule has 170 valence electrons. The summed E-state index contributed by atoms with van der Waals surface area (Å²) in [5.41, 5.74) is 4.13. The summed E-state index contributed by atoms with van der Waals surface area (Å²) in [6, 6.07) is 10.3. The number of carbonyl (C=O) groups excluding carboxylic acids is 1. The third-order valence-electron chi connectivity index (χ3n) is 4.91. The lowest BCUT2D eigenvalue weighted by Crippen LogP contribution is -2.14. The summed E-state index contributed by atoms with van der Waals surface area (Å²) in [5.74, 6) is 1.35. The molecule has 6 nitrogen and oxygen atoms in total. The second-order valence-electron chi connectivity index (χ2n) is 7.84. The molecule has 0 saturated heterocycles. The lowest BCUT2D eigenvalue weighted by atomic mass is 10.1. The largest absolute Gasteiger partial charge is 0.301 e. The average molecular weight is 496 g/mol. The average Bonchev–Trinajstić information content (AvgIpc) is 3.53. The molecule has 0 aliphatic rings. The smallest absolute Gasteiger partial charge is 0.236 e. The van der Waals surface area contributed by atoms with Crippen LogP contribution in [0.1, 0.15) is 30.2 Å². The standard InChI is InChI=1S/C24H25N5OS3/c1-5-10-29-22(18-11-20(15(2)3)31-12-18)27-28-24(29)33-14-21(30)26-23-25-19(13-32-23)17-8-6-16(4)7-9-17/h5-9,11-13,15H,1,10,14H2,2-4H3,(H,25,26,30). The van der Waals surface area contributed by atoms with Gasteiger partial charge in [-0.3, -0.25) is 9.36 Å². The highest BCUT2D eigenvalue weighted by atomic mass is 32.2. The van der Waals surface area contributed by atoms with Crippen molar-refractivity contribution in [2.75, 3.05) is 11.1 Å². The van der Waals surface area contributed by atoms with Gasteiger partial charge in [0.15, 0.2) is 16.1 Å². The first-order valence-corrected chi connectivity index (χ1v) is 13.3. The van der Waals surface area contributed by atoms with Gasteiger partial charge >= 0.3 is 0 Å². The van der Waals surface area contributed by atoms with E-state index in [1.807, 2.05) is 28.2 Å². The molecule has 1 N–H and O–H groups in total. The van der Waals surface area contributed by atoms with Gasteiger partial charge in [0, 0.05) is 33.3 Å². The van der Waals surface area contributed by atoms with Crippen LogP contribution >= 0.6 is 34.4 Å². The van der Waals surface area contributed by atoms with Gasteiger partial charge in [-0.2, -0.15) is 0 Å². The van der Waals surface area contributed by atoms with Crippen LogP contribution in [-0.2, 0) is 11.3 Å². The van der Waals surface area contributed by atoms with Crippen LogP contribution in [0.15, 0.2) is 58.9 Å². The molecule has 0 spiro atoms. The number of thioether (sulfide) groups is 1. The highest BCUT2D eigenvalue weighted by Crippen LogP contribution is 2.31. The Morgan fingerprint density at radius 2 is 1.97 bits per heavy atom. The number of anilines is 1. The van der Waals surface area contributed by atoms with Crippen molar-refractivity contribution in [3.05, 3.63) is 64.2 Å². The highest BCUT2D eigenvalue weighted by molar-refractivity contribution is 7.99. The number of aryl methyl sites for hydroxylation is 1. The molecule has 4 aromatic rings. The molecule has 1 amide bonds. The SMILES string of the molecule is C=CCn1c(SCC(=O)Nc2nc(-c3ccc(C)cc3)cs2)nnc1-c1csc(C(C)C)c1. The van der Waals surface area contributed by atoms with Gasteiger partial charge in [-0.15, -0.1) is 39.4 Å². The van der Waals surface area contributed by atoms with Gasteiger partial charge < -0.3 is 5.32 Å². The highest BCUT2D eigenvalue weighted by Gasteiger charge is 2.17. The van der Waals surface area contributed by atoms with Crippen molar-refractivity contribution < 1.29 is 4.79 Å². The van der Waals surface area contributed by atoms with E-state index in [9.17, 15) is 4.79 Å². The lowest BCUT2D eigenvalue weighted by molar-refractivity contribution is -0.113. The zero-order valence-electron chi connectivity index (χ0n) is 18.7. The minimum atomic E-state index is -0.128. The van der Waals surface area contributed by atoms with Crippen molar-refractivity contribution in [2.45, 2.75) is 38.4 Å². The minimum absolute atomic E-state index is 0.128. The Balaban J connectivity index is 1.41. The topological polar surface area (TPSA) is 72.7 Å². The maximum absolute atomic E-state index is 12.6. The maximum atomic E-state index is 12.6. The van der Waals surface area contributed by atoms with Crippen LogP contribution in [0, 0.1) is 6.92 Å². The van der Waals surface area contributed by atoms with Crippen molar-refractivity contribution in [2.24, 2.45) is 0 Å².